The number of Topliss-reactive ketones (excluding diaryl/α,β-unsaturated/α-hetero) is 1. The van der Waals surface area contributed by atoms with E-state index in [4.69, 9.17) is 0 Å². The molecule has 0 atom stereocenters. The van der Waals surface area contributed by atoms with Crippen LogP contribution < -0.4 is 0 Å². The summed E-state index contributed by atoms with van der Waals surface area (Å²) in [5.74, 6) is -0.351. The van der Waals surface area contributed by atoms with Crippen LogP contribution in [0.2, 0.25) is 0 Å². The molecule has 0 fully saturated rings. The highest BCUT2D eigenvalue weighted by molar-refractivity contribution is 6.08. The summed E-state index contributed by atoms with van der Waals surface area (Å²) in [6.07, 6.45) is 0. The highest BCUT2D eigenvalue weighted by atomic mass is 19.1. The first-order chi connectivity index (χ1) is 7.99. The van der Waals surface area contributed by atoms with E-state index in [-0.39, 0.29) is 17.5 Å². The van der Waals surface area contributed by atoms with Crippen LogP contribution in [0.4, 0.5) is 4.39 Å². The van der Waals surface area contributed by atoms with Crippen LogP contribution in [0, 0.1) is 18.7 Å². The van der Waals surface area contributed by atoms with Crippen LogP contribution in [0.5, 0.6) is 0 Å². The Morgan fingerprint density at radius 1 is 1.29 bits per heavy atom. The standard InChI is InChI=1S/C14H14FNO/c1-8(2)14(17)12-6-9(3)16-13-7-10(15)4-5-11(12)13/h4-8H,1-3H3. The molecule has 0 saturated carbocycles. The second-order valence-corrected chi connectivity index (χ2v) is 4.49. The van der Waals surface area contributed by atoms with Crippen molar-refractivity contribution in [2.45, 2.75) is 20.8 Å². The van der Waals surface area contributed by atoms with Crippen molar-refractivity contribution in [2.75, 3.05) is 0 Å². The molecule has 2 aromatic rings. The van der Waals surface area contributed by atoms with Crippen molar-refractivity contribution >= 4 is 16.7 Å². The lowest BCUT2D eigenvalue weighted by molar-refractivity contribution is 0.0941. The zero-order valence-corrected chi connectivity index (χ0v) is 10.1. The lowest BCUT2D eigenvalue weighted by Gasteiger charge is -2.09. The Labute approximate surface area is 99.5 Å². The van der Waals surface area contributed by atoms with Crippen LogP contribution in [0.3, 0.4) is 0 Å². The maximum atomic E-state index is 13.1. The first-order valence-electron chi connectivity index (χ1n) is 5.60. The summed E-state index contributed by atoms with van der Waals surface area (Å²) in [4.78, 5) is 16.3. The van der Waals surface area contributed by atoms with Crippen molar-refractivity contribution in [1.29, 1.82) is 0 Å². The number of carbonyl (C=O) groups is 1. The fourth-order valence-electron chi connectivity index (χ4n) is 1.85. The van der Waals surface area contributed by atoms with E-state index < -0.39 is 0 Å². The summed E-state index contributed by atoms with van der Waals surface area (Å²) in [5.41, 5.74) is 1.89. The molecule has 0 aliphatic rings. The van der Waals surface area contributed by atoms with Gasteiger partial charge in [0.1, 0.15) is 5.82 Å². The summed E-state index contributed by atoms with van der Waals surface area (Å²) >= 11 is 0. The van der Waals surface area contributed by atoms with Crippen molar-refractivity contribution in [3.63, 3.8) is 0 Å². The predicted molar refractivity (Wildman–Crippen MR) is 65.6 cm³/mol. The highest BCUT2D eigenvalue weighted by Gasteiger charge is 2.15. The minimum absolute atomic E-state index is 0.0621. The van der Waals surface area contributed by atoms with Gasteiger partial charge in [-0.2, -0.15) is 0 Å². The van der Waals surface area contributed by atoms with Crippen molar-refractivity contribution in [1.82, 2.24) is 4.98 Å². The fraction of sp³-hybridized carbons (Fsp3) is 0.286. The van der Waals surface area contributed by atoms with Gasteiger partial charge in [0.05, 0.1) is 5.52 Å². The first kappa shape index (κ1) is 11.7. The van der Waals surface area contributed by atoms with Crippen LogP contribution in [0.1, 0.15) is 29.9 Å². The first-order valence-corrected chi connectivity index (χ1v) is 5.60. The summed E-state index contributed by atoms with van der Waals surface area (Å²) in [6, 6.07) is 6.10. The number of benzene rings is 1. The molecule has 0 bridgehead atoms. The molecule has 0 N–H and O–H groups in total. The topological polar surface area (TPSA) is 30.0 Å². The maximum absolute atomic E-state index is 13.1. The number of pyridine rings is 1. The number of carbonyl (C=O) groups excluding carboxylic acids is 1. The Bertz CT molecular complexity index is 585. The summed E-state index contributed by atoms with van der Waals surface area (Å²) in [6.45, 7) is 5.52. The molecule has 1 aromatic carbocycles. The van der Waals surface area contributed by atoms with Crippen LogP contribution in [-0.4, -0.2) is 10.8 Å². The third kappa shape index (κ3) is 2.18. The number of hydrogen-bond donors (Lipinski definition) is 0. The summed E-state index contributed by atoms with van der Waals surface area (Å²) in [5, 5.41) is 0.718. The molecule has 0 saturated heterocycles. The van der Waals surface area contributed by atoms with E-state index in [2.05, 4.69) is 4.98 Å². The Kier molecular flexibility index (Phi) is 2.92. The zero-order chi connectivity index (χ0) is 12.6. The molecule has 2 rings (SSSR count). The smallest absolute Gasteiger partial charge is 0.166 e. The molecule has 0 spiro atoms. The second kappa shape index (κ2) is 4.24. The van der Waals surface area contributed by atoms with E-state index in [9.17, 15) is 9.18 Å². The van der Waals surface area contributed by atoms with Gasteiger partial charge in [-0.25, -0.2) is 4.39 Å². The number of halogens is 1. The highest BCUT2D eigenvalue weighted by Crippen LogP contribution is 2.22. The largest absolute Gasteiger partial charge is 0.294 e. The summed E-state index contributed by atoms with van der Waals surface area (Å²) < 4.78 is 13.1. The monoisotopic (exact) mass is 231 g/mol. The molecule has 88 valence electrons. The third-order valence-corrected chi connectivity index (χ3v) is 2.69. The number of ketones is 1. The Hall–Kier alpha value is -1.77. The molecular formula is C14H14FNO. The minimum atomic E-state index is -0.335. The quantitative estimate of drug-likeness (QED) is 0.740. The van der Waals surface area contributed by atoms with Crippen molar-refractivity contribution in [2.24, 2.45) is 5.92 Å². The number of hydrogen-bond acceptors (Lipinski definition) is 2. The van der Waals surface area contributed by atoms with E-state index in [0.29, 0.717) is 11.1 Å². The van der Waals surface area contributed by atoms with Crippen LogP contribution in [-0.2, 0) is 0 Å². The Morgan fingerprint density at radius 3 is 2.65 bits per heavy atom. The van der Waals surface area contributed by atoms with Gasteiger partial charge >= 0.3 is 0 Å². The number of aryl methyl sites for hydroxylation is 1. The van der Waals surface area contributed by atoms with Gasteiger partial charge < -0.3 is 0 Å². The number of nitrogens with zero attached hydrogens (tertiary/aromatic N) is 1. The van der Waals surface area contributed by atoms with Gasteiger partial charge in [0.2, 0.25) is 0 Å². The molecule has 1 heterocycles. The fourth-order valence-corrected chi connectivity index (χ4v) is 1.85. The average Bonchev–Trinajstić information content (AvgIpc) is 2.26. The van der Waals surface area contributed by atoms with E-state index in [1.54, 1.807) is 19.1 Å². The molecular weight excluding hydrogens is 217 g/mol. The van der Waals surface area contributed by atoms with Gasteiger partial charge in [-0.1, -0.05) is 13.8 Å². The van der Waals surface area contributed by atoms with Gasteiger partial charge in [0.25, 0.3) is 0 Å². The number of aromatic nitrogens is 1. The number of rotatable bonds is 2. The normalized spacial score (nSPS) is 11.1. The van der Waals surface area contributed by atoms with E-state index in [1.807, 2.05) is 13.8 Å². The van der Waals surface area contributed by atoms with Crippen LogP contribution in [0.15, 0.2) is 24.3 Å². The second-order valence-electron chi connectivity index (χ2n) is 4.49. The van der Waals surface area contributed by atoms with E-state index >= 15 is 0 Å². The number of fused-ring (bicyclic) bond motifs is 1. The molecule has 0 amide bonds. The van der Waals surface area contributed by atoms with Crippen molar-refractivity contribution in [3.8, 4) is 0 Å². The maximum Gasteiger partial charge on any atom is 0.166 e. The van der Waals surface area contributed by atoms with Gasteiger partial charge in [0.15, 0.2) is 5.78 Å². The SMILES string of the molecule is Cc1cc(C(=O)C(C)C)c2ccc(F)cc2n1. The molecule has 2 nitrogen and oxygen atoms in total. The lowest BCUT2D eigenvalue weighted by atomic mass is 9.97. The Balaban J connectivity index is 2.74. The van der Waals surface area contributed by atoms with Gasteiger partial charge in [-0.15, -0.1) is 0 Å². The van der Waals surface area contributed by atoms with Crippen molar-refractivity contribution < 1.29 is 9.18 Å². The van der Waals surface area contributed by atoms with E-state index in [1.165, 1.54) is 12.1 Å². The molecule has 17 heavy (non-hydrogen) atoms. The van der Waals surface area contributed by atoms with Gasteiger partial charge in [-0.05, 0) is 25.1 Å². The lowest BCUT2D eigenvalue weighted by Crippen LogP contribution is -2.09. The van der Waals surface area contributed by atoms with Gasteiger partial charge in [0, 0.05) is 28.6 Å². The summed E-state index contributed by atoms with van der Waals surface area (Å²) in [7, 11) is 0. The van der Waals surface area contributed by atoms with Crippen molar-refractivity contribution in [3.05, 3.63) is 41.3 Å². The average molecular weight is 231 g/mol. The Morgan fingerprint density at radius 2 is 2.00 bits per heavy atom. The van der Waals surface area contributed by atoms with E-state index in [0.717, 1.165) is 11.1 Å². The molecule has 0 radical (unpaired) electrons. The predicted octanol–water partition coefficient (Wildman–Crippen LogP) is 3.52. The molecule has 0 aliphatic heterocycles. The van der Waals surface area contributed by atoms with Gasteiger partial charge in [-0.3, -0.25) is 9.78 Å². The third-order valence-electron chi connectivity index (χ3n) is 2.69. The molecule has 0 aliphatic carbocycles. The minimum Gasteiger partial charge on any atom is -0.294 e. The molecule has 1 aromatic heterocycles. The van der Waals surface area contributed by atoms with Crippen LogP contribution in [0.25, 0.3) is 10.9 Å². The zero-order valence-electron chi connectivity index (χ0n) is 10.1. The molecule has 3 heteroatoms. The molecule has 0 unspecified atom stereocenters. The van der Waals surface area contributed by atoms with Crippen LogP contribution >= 0.6 is 0 Å².